The molecule has 0 fully saturated rings. The molecule has 2 nitrogen and oxygen atoms in total. The van der Waals surface area contributed by atoms with Crippen molar-refractivity contribution in [3.05, 3.63) is 48.5 Å². The molecule has 0 saturated carbocycles. The van der Waals surface area contributed by atoms with Gasteiger partial charge in [0.05, 0.1) is 13.2 Å². The molecule has 3 aromatic carbocycles. The minimum absolute atomic E-state index is 0.737. The van der Waals surface area contributed by atoms with E-state index in [0.717, 1.165) is 57.8 Å². The van der Waals surface area contributed by atoms with Crippen molar-refractivity contribution in [2.24, 2.45) is 0 Å². The summed E-state index contributed by atoms with van der Waals surface area (Å²) in [5.41, 5.74) is 0. The predicted octanol–water partition coefficient (Wildman–Crippen LogP) is 9.38. The lowest BCUT2D eigenvalue weighted by atomic mass is 10.0. The van der Waals surface area contributed by atoms with E-state index < -0.39 is 0 Å². The van der Waals surface area contributed by atoms with Crippen LogP contribution in [0, 0.1) is 0 Å². The van der Waals surface area contributed by atoms with Crippen molar-refractivity contribution in [2.75, 3.05) is 36.2 Å². The van der Waals surface area contributed by atoms with E-state index in [2.05, 4.69) is 62.4 Å². The lowest BCUT2D eigenvalue weighted by Gasteiger charge is -2.18. The topological polar surface area (TPSA) is 18.5 Å². The molecule has 0 unspecified atom stereocenters. The van der Waals surface area contributed by atoms with E-state index in [1.54, 1.807) is 0 Å². The maximum absolute atomic E-state index is 6.42. The van der Waals surface area contributed by atoms with Crippen LogP contribution in [0.3, 0.4) is 0 Å². The van der Waals surface area contributed by atoms with Gasteiger partial charge in [-0.1, -0.05) is 101 Å². The third-order valence-corrected chi connectivity index (χ3v) is 8.13. The molecule has 0 spiro atoms. The Morgan fingerprint density at radius 2 is 0.882 bits per heavy atom. The number of unbranched alkanes of at least 4 members (excludes halogenated alkanes) is 6. The van der Waals surface area contributed by atoms with Crippen LogP contribution < -0.4 is 9.47 Å². The van der Waals surface area contributed by atoms with Crippen LogP contribution in [0.2, 0.25) is 0 Å². The Kier molecular flexibility index (Phi) is 12.9. The maximum atomic E-state index is 6.42. The summed E-state index contributed by atoms with van der Waals surface area (Å²) in [4.78, 5) is 0. The van der Waals surface area contributed by atoms with E-state index in [0.29, 0.717) is 0 Å². The molecule has 0 aliphatic rings. The number of benzene rings is 3. The van der Waals surface area contributed by atoms with E-state index in [1.165, 1.54) is 62.9 Å². The fourth-order valence-corrected chi connectivity index (χ4v) is 5.86. The van der Waals surface area contributed by atoms with Crippen molar-refractivity contribution in [1.29, 1.82) is 0 Å². The smallest absolute Gasteiger partial charge is 0.135 e. The van der Waals surface area contributed by atoms with Crippen LogP contribution in [0.4, 0.5) is 0 Å². The van der Waals surface area contributed by atoms with Crippen LogP contribution in [-0.2, 0) is 0 Å². The summed E-state index contributed by atoms with van der Waals surface area (Å²) in [6, 6.07) is 17.1. The lowest BCUT2D eigenvalue weighted by molar-refractivity contribution is 0.346. The second kappa shape index (κ2) is 16.2. The summed E-state index contributed by atoms with van der Waals surface area (Å²) in [6.45, 7) is 6.00. The monoisotopic (exact) mass is 498 g/mol. The molecule has 0 aliphatic heterocycles. The molecule has 0 heterocycles. The summed E-state index contributed by atoms with van der Waals surface area (Å²) in [5, 5.41) is 4.60. The molecule has 0 amide bonds. The summed E-state index contributed by atoms with van der Waals surface area (Å²) in [6.07, 6.45) is 10.6. The van der Waals surface area contributed by atoms with Gasteiger partial charge in [-0.25, -0.2) is 0 Å². The summed E-state index contributed by atoms with van der Waals surface area (Å²) in [5.74, 6) is 6.51. The highest BCUT2D eigenvalue weighted by atomic mass is 32.2. The zero-order chi connectivity index (χ0) is 23.8. The molecule has 0 aliphatic carbocycles. The SMILES string of the molecule is CCCCCCSCCOc1c2ccccc2c(OCCSCCCCCC)c2ccccc12. The highest BCUT2D eigenvalue weighted by molar-refractivity contribution is 7.99. The van der Waals surface area contributed by atoms with Crippen LogP contribution in [-0.4, -0.2) is 36.2 Å². The van der Waals surface area contributed by atoms with Gasteiger partial charge in [0.2, 0.25) is 0 Å². The van der Waals surface area contributed by atoms with Crippen molar-refractivity contribution in [3.63, 3.8) is 0 Å². The highest BCUT2D eigenvalue weighted by Crippen LogP contribution is 2.42. The lowest BCUT2D eigenvalue weighted by Crippen LogP contribution is -2.05. The first-order chi connectivity index (χ1) is 16.9. The van der Waals surface area contributed by atoms with Gasteiger partial charge < -0.3 is 9.47 Å². The van der Waals surface area contributed by atoms with E-state index in [9.17, 15) is 0 Å². The van der Waals surface area contributed by atoms with Crippen molar-refractivity contribution >= 4 is 45.1 Å². The molecule has 34 heavy (non-hydrogen) atoms. The molecule has 3 aromatic rings. The summed E-state index contributed by atoms with van der Waals surface area (Å²) >= 11 is 4.01. The molecule has 0 saturated heterocycles. The average Bonchev–Trinajstić information content (AvgIpc) is 2.87. The van der Waals surface area contributed by atoms with Crippen LogP contribution >= 0.6 is 23.5 Å². The standard InChI is InChI=1S/C30H42O2S2/c1-3-5-7-13-21-33-23-19-31-29-25-15-9-11-17-27(25)30(28-18-12-10-16-26(28)29)32-20-24-34-22-14-8-6-4-2/h9-12,15-18H,3-8,13-14,19-24H2,1-2H3. The molecule has 3 rings (SSSR count). The molecule has 0 atom stereocenters. The summed E-state index contributed by atoms with van der Waals surface area (Å²) < 4.78 is 12.8. The number of thioether (sulfide) groups is 2. The Hall–Kier alpha value is -1.52. The van der Waals surface area contributed by atoms with Gasteiger partial charge in [0, 0.05) is 33.1 Å². The number of rotatable bonds is 18. The van der Waals surface area contributed by atoms with Gasteiger partial charge in [0.1, 0.15) is 11.5 Å². The van der Waals surface area contributed by atoms with E-state index >= 15 is 0 Å². The third-order valence-electron chi connectivity index (χ3n) is 6.07. The second-order valence-electron chi connectivity index (χ2n) is 8.79. The van der Waals surface area contributed by atoms with Crippen molar-refractivity contribution in [1.82, 2.24) is 0 Å². The van der Waals surface area contributed by atoms with E-state index in [1.807, 2.05) is 23.5 Å². The number of hydrogen-bond donors (Lipinski definition) is 0. The quantitative estimate of drug-likeness (QED) is 0.128. The first-order valence-corrected chi connectivity index (χ1v) is 15.5. The zero-order valence-electron chi connectivity index (χ0n) is 21.2. The Morgan fingerprint density at radius 1 is 0.500 bits per heavy atom. The normalized spacial score (nSPS) is 11.4. The maximum Gasteiger partial charge on any atom is 0.135 e. The number of hydrogen-bond acceptors (Lipinski definition) is 4. The molecule has 0 radical (unpaired) electrons. The Morgan fingerprint density at radius 3 is 1.24 bits per heavy atom. The largest absolute Gasteiger partial charge is 0.491 e. The van der Waals surface area contributed by atoms with Gasteiger partial charge in [-0.05, 0) is 24.3 Å². The van der Waals surface area contributed by atoms with Crippen molar-refractivity contribution < 1.29 is 9.47 Å². The van der Waals surface area contributed by atoms with Crippen LogP contribution in [0.25, 0.3) is 21.5 Å². The molecule has 186 valence electrons. The molecular weight excluding hydrogens is 456 g/mol. The van der Waals surface area contributed by atoms with E-state index in [4.69, 9.17) is 9.47 Å². The van der Waals surface area contributed by atoms with Gasteiger partial charge in [-0.2, -0.15) is 23.5 Å². The molecule has 4 heteroatoms. The van der Waals surface area contributed by atoms with Gasteiger partial charge in [-0.15, -0.1) is 0 Å². The Bertz CT molecular complexity index is 838. The third kappa shape index (κ3) is 8.30. The van der Waals surface area contributed by atoms with Crippen molar-refractivity contribution in [2.45, 2.75) is 65.2 Å². The average molecular weight is 499 g/mol. The number of ether oxygens (including phenoxy) is 2. The van der Waals surface area contributed by atoms with Crippen LogP contribution in [0.15, 0.2) is 48.5 Å². The van der Waals surface area contributed by atoms with Crippen LogP contribution in [0.5, 0.6) is 11.5 Å². The zero-order valence-corrected chi connectivity index (χ0v) is 22.8. The van der Waals surface area contributed by atoms with Gasteiger partial charge >= 0.3 is 0 Å². The minimum atomic E-state index is 0.737. The van der Waals surface area contributed by atoms with Crippen molar-refractivity contribution in [3.8, 4) is 11.5 Å². The first kappa shape index (κ1) is 27.1. The molecule has 0 N–H and O–H groups in total. The number of fused-ring (bicyclic) bond motifs is 2. The Balaban J connectivity index is 1.65. The second-order valence-corrected chi connectivity index (χ2v) is 11.2. The van der Waals surface area contributed by atoms with Crippen LogP contribution in [0.1, 0.15) is 65.2 Å². The minimum Gasteiger partial charge on any atom is -0.491 e. The van der Waals surface area contributed by atoms with Gasteiger partial charge in [-0.3, -0.25) is 0 Å². The highest BCUT2D eigenvalue weighted by Gasteiger charge is 2.15. The molecular formula is C30H42O2S2. The summed E-state index contributed by atoms with van der Waals surface area (Å²) in [7, 11) is 0. The molecule has 0 aromatic heterocycles. The fraction of sp³-hybridized carbons (Fsp3) is 0.533. The van der Waals surface area contributed by atoms with Gasteiger partial charge in [0.25, 0.3) is 0 Å². The van der Waals surface area contributed by atoms with E-state index in [-0.39, 0.29) is 0 Å². The first-order valence-electron chi connectivity index (χ1n) is 13.2. The predicted molar refractivity (Wildman–Crippen MR) is 155 cm³/mol. The Labute approximate surface area is 215 Å². The molecule has 0 bridgehead atoms. The van der Waals surface area contributed by atoms with Gasteiger partial charge in [0.15, 0.2) is 0 Å². The fourth-order valence-electron chi connectivity index (χ4n) is 4.23.